The number of halogens is 1. The number of anilines is 2. The Hall–Kier alpha value is -2.18. The second-order valence-corrected chi connectivity index (χ2v) is 7.98. The van der Waals surface area contributed by atoms with Gasteiger partial charge in [-0.3, -0.25) is 9.69 Å². The van der Waals surface area contributed by atoms with E-state index >= 15 is 0 Å². The van der Waals surface area contributed by atoms with Gasteiger partial charge in [0.25, 0.3) is 0 Å². The van der Waals surface area contributed by atoms with Gasteiger partial charge in [-0.05, 0) is 36.8 Å². The molecule has 0 saturated heterocycles. The molecular weight excluding hydrogens is 367 g/mol. The predicted molar refractivity (Wildman–Crippen MR) is 107 cm³/mol. The molecule has 2 aromatic carbocycles. The highest BCUT2D eigenvalue weighted by Crippen LogP contribution is 2.34. The number of amides is 1. The summed E-state index contributed by atoms with van der Waals surface area (Å²) < 4.78 is 13.0. The lowest BCUT2D eigenvalue weighted by Gasteiger charge is -2.17. The lowest BCUT2D eigenvalue weighted by atomic mass is 10.2. The summed E-state index contributed by atoms with van der Waals surface area (Å²) in [5, 5.41) is 2.89. The average Bonchev–Trinajstić information content (AvgIpc) is 3.09. The third-order valence-electron chi connectivity index (χ3n) is 3.88. The van der Waals surface area contributed by atoms with Crippen LogP contribution in [0.4, 0.5) is 15.2 Å². The molecule has 0 spiro atoms. The van der Waals surface area contributed by atoms with E-state index in [1.54, 1.807) is 23.6 Å². The number of benzene rings is 2. The lowest BCUT2D eigenvalue weighted by molar-refractivity contribution is -0.115. The number of para-hydroxylation sites is 1. The summed E-state index contributed by atoms with van der Waals surface area (Å²) >= 11 is 3.20. The van der Waals surface area contributed by atoms with Crippen molar-refractivity contribution in [1.29, 1.82) is 0 Å². The zero-order valence-electron chi connectivity index (χ0n) is 14.6. The van der Waals surface area contributed by atoms with Crippen LogP contribution in [0.15, 0.2) is 60.0 Å². The number of hydrogen-bond acceptors (Lipinski definition) is 4. The van der Waals surface area contributed by atoms with Gasteiger partial charge < -0.3 is 0 Å². The minimum atomic E-state index is -0.222. The van der Waals surface area contributed by atoms with Gasteiger partial charge in [0.15, 0.2) is 5.13 Å². The average molecular weight is 387 g/mol. The maximum atomic E-state index is 13.0. The zero-order valence-corrected chi connectivity index (χ0v) is 16.2. The van der Waals surface area contributed by atoms with E-state index in [-0.39, 0.29) is 17.0 Å². The van der Waals surface area contributed by atoms with E-state index < -0.39 is 0 Å². The van der Waals surface area contributed by atoms with Crippen molar-refractivity contribution in [3.05, 3.63) is 77.1 Å². The maximum Gasteiger partial charge on any atom is 0.230 e. The number of carbonyl (C=O) groups excluding carboxylic acids is 1. The number of thioether (sulfide) groups is 1. The van der Waals surface area contributed by atoms with Gasteiger partial charge in [-0.1, -0.05) is 30.3 Å². The minimum absolute atomic E-state index is 0.0653. The summed E-state index contributed by atoms with van der Waals surface area (Å²) in [5.41, 5.74) is 2.83. The lowest BCUT2D eigenvalue weighted by Crippen LogP contribution is -2.22. The van der Waals surface area contributed by atoms with Crippen molar-refractivity contribution in [3.8, 4) is 0 Å². The number of hydrogen-bond donors (Lipinski definition) is 0. The number of carbonyl (C=O) groups is 1. The van der Waals surface area contributed by atoms with Crippen LogP contribution in [0.3, 0.4) is 0 Å². The molecule has 1 heterocycles. The smallest absolute Gasteiger partial charge is 0.230 e. The third kappa shape index (κ3) is 4.51. The van der Waals surface area contributed by atoms with E-state index in [1.165, 1.54) is 23.5 Å². The largest absolute Gasteiger partial charge is 0.274 e. The van der Waals surface area contributed by atoms with Crippen molar-refractivity contribution in [2.24, 2.45) is 0 Å². The van der Waals surface area contributed by atoms with Crippen LogP contribution in [0.25, 0.3) is 0 Å². The molecule has 1 unspecified atom stereocenters. The van der Waals surface area contributed by atoms with Crippen molar-refractivity contribution in [3.63, 3.8) is 0 Å². The van der Waals surface area contributed by atoms with Crippen molar-refractivity contribution in [2.45, 2.75) is 24.9 Å². The van der Waals surface area contributed by atoms with E-state index in [1.807, 2.05) is 47.8 Å². The Morgan fingerprint density at radius 3 is 2.54 bits per heavy atom. The normalized spacial score (nSPS) is 12.0. The molecule has 26 heavy (non-hydrogen) atoms. The second-order valence-electron chi connectivity index (χ2n) is 5.82. The molecule has 0 fully saturated rings. The maximum absolute atomic E-state index is 13.0. The molecule has 134 valence electrons. The quantitative estimate of drug-likeness (QED) is 0.524. The molecule has 3 rings (SSSR count). The van der Waals surface area contributed by atoms with E-state index in [0.29, 0.717) is 5.13 Å². The molecule has 0 aliphatic carbocycles. The van der Waals surface area contributed by atoms with Crippen LogP contribution in [0.2, 0.25) is 0 Å². The van der Waals surface area contributed by atoms with Crippen molar-refractivity contribution < 1.29 is 9.18 Å². The molecule has 0 aliphatic rings. The van der Waals surface area contributed by atoms with Crippen LogP contribution in [-0.2, 0) is 10.5 Å². The van der Waals surface area contributed by atoms with E-state index in [0.717, 1.165) is 22.7 Å². The zero-order chi connectivity index (χ0) is 18.5. The Balaban J connectivity index is 1.69. The third-order valence-corrected chi connectivity index (χ3v) is 5.99. The topological polar surface area (TPSA) is 33.2 Å². The van der Waals surface area contributed by atoms with Crippen LogP contribution < -0.4 is 4.90 Å². The fourth-order valence-corrected chi connectivity index (χ4v) is 4.42. The van der Waals surface area contributed by atoms with Gasteiger partial charge in [0.05, 0.1) is 11.4 Å². The molecule has 0 radical (unpaired) electrons. The van der Waals surface area contributed by atoms with Crippen molar-refractivity contribution in [1.82, 2.24) is 4.98 Å². The molecule has 0 saturated carbocycles. The summed E-state index contributed by atoms with van der Waals surface area (Å²) in [7, 11) is 0. The van der Waals surface area contributed by atoms with Crippen LogP contribution >= 0.6 is 23.1 Å². The molecule has 1 aromatic heterocycles. The summed E-state index contributed by atoms with van der Waals surface area (Å²) in [4.78, 5) is 18.3. The van der Waals surface area contributed by atoms with Gasteiger partial charge in [0, 0.05) is 23.3 Å². The Labute approximate surface area is 160 Å². The van der Waals surface area contributed by atoms with Gasteiger partial charge in [0.2, 0.25) is 5.91 Å². The number of nitrogens with zero attached hydrogens (tertiary/aromatic N) is 2. The van der Waals surface area contributed by atoms with Crippen LogP contribution in [0, 0.1) is 5.82 Å². The highest BCUT2D eigenvalue weighted by atomic mass is 32.2. The summed E-state index contributed by atoms with van der Waals surface area (Å²) in [6.07, 6.45) is 0. The summed E-state index contributed by atoms with van der Waals surface area (Å²) in [6, 6.07) is 16.1. The molecule has 0 aliphatic heterocycles. The number of aromatic nitrogens is 1. The SMILES string of the molecule is CC(=O)N(c1ccccc1)c1nc(CSC(C)c2ccc(F)cc2)cs1. The summed E-state index contributed by atoms with van der Waals surface area (Å²) in [5.74, 6) is 0.444. The first kappa shape index (κ1) is 18.6. The molecule has 0 bridgehead atoms. The second kappa shape index (κ2) is 8.47. The van der Waals surface area contributed by atoms with Crippen molar-refractivity contribution in [2.75, 3.05) is 4.90 Å². The fourth-order valence-electron chi connectivity index (χ4n) is 2.51. The standard InChI is InChI=1S/C20H19FN2OS2/c1-14(16-8-10-17(21)11-9-16)25-12-18-13-26-20(22-18)23(15(2)24)19-6-4-3-5-7-19/h3-11,13-14H,12H2,1-2H3. The Morgan fingerprint density at radius 1 is 1.19 bits per heavy atom. The molecule has 1 amide bonds. The molecule has 3 aromatic rings. The molecule has 6 heteroatoms. The molecular formula is C20H19FN2OS2. The van der Waals surface area contributed by atoms with Gasteiger partial charge in [-0.2, -0.15) is 0 Å². The van der Waals surface area contributed by atoms with Gasteiger partial charge in [0.1, 0.15) is 5.82 Å². The first-order valence-corrected chi connectivity index (χ1v) is 10.1. The summed E-state index contributed by atoms with van der Waals surface area (Å²) in [6.45, 7) is 3.64. The van der Waals surface area contributed by atoms with Crippen LogP contribution in [-0.4, -0.2) is 10.9 Å². The number of thiazole rings is 1. The predicted octanol–water partition coefficient (Wildman–Crippen LogP) is 5.96. The van der Waals surface area contributed by atoms with Gasteiger partial charge in [-0.25, -0.2) is 9.37 Å². The van der Waals surface area contributed by atoms with Crippen LogP contribution in [0.5, 0.6) is 0 Å². The Kier molecular flexibility index (Phi) is 6.06. The van der Waals surface area contributed by atoms with E-state index in [9.17, 15) is 9.18 Å². The highest BCUT2D eigenvalue weighted by Gasteiger charge is 2.18. The van der Waals surface area contributed by atoms with Crippen molar-refractivity contribution >= 4 is 39.8 Å². The van der Waals surface area contributed by atoms with Gasteiger partial charge in [-0.15, -0.1) is 23.1 Å². The Morgan fingerprint density at radius 2 is 1.88 bits per heavy atom. The number of rotatable bonds is 6. The van der Waals surface area contributed by atoms with E-state index in [2.05, 4.69) is 11.9 Å². The first-order chi connectivity index (χ1) is 12.5. The van der Waals surface area contributed by atoms with E-state index in [4.69, 9.17) is 0 Å². The monoisotopic (exact) mass is 386 g/mol. The Bertz CT molecular complexity index is 865. The first-order valence-electron chi connectivity index (χ1n) is 8.22. The molecule has 3 nitrogen and oxygen atoms in total. The molecule has 1 atom stereocenters. The molecule has 0 N–H and O–H groups in total. The van der Waals surface area contributed by atoms with Crippen LogP contribution in [0.1, 0.15) is 30.4 Å². The van der Waals surface area contributed by atoms with Gasteiger partial charge >= 0.3 is 0 Å². The fraction of sp³-hybridized carbons (Fsp3) is 0.200. The minimum Gasteiger partial charge on any atom is -0.274 e. The highest BCUT2D eigenvalue weighted by molar-refractivity contribution is 7.98.